The number of amides is 2. The Morgan fingerprint density at radius 1 is 1.50 bits per heavy atom. The molecule has 1 aliphatic carbocycles. The van der Waals surface area contributed by atoms with Crippen molar-refractivity contribution in [3.8, 4) is 0 Å². The molecule has 0 aromatic carbocycles. The monoisotopic (exact) mass is 280 g/mol. The average Bonchev–Trinajstić information content (AvgIpc) is 3.09. The Morgan fingerprint density at radius 3 is 2.90 bits per heavy atom. The van der Waals surface area contributed by atoms with Gasteiger partial charge in [-0.3, -0.25) is 9.59 Å². The summed E-state index contributed by atoms with van der Waals surface area (Å²) in [6.07, 6.45) is 3.79. The summed E-state index contributed by atoms with van der Waals surface area (Å²) in [7, 11) is 3.43. The van der Waals surface area contributed by atoms with Gasteiger partial charge in [0.05, 0.1) is 18.4 Å². The second kappa shape index (κ2) is 6.47. The molecule has 0 unspecified atom stereocenters. The minimum Gasteiger partial charge on any atom is -0.352 e. The van der Waals surface area contributed by atoms with E-state index in [1.807, 2.05) is 7.05 Å². The zero-order chi connectivity index (χ0) is 14.5. The predicted octanol–water partition coefficient (Wildman–Crippen LogP) is -1.27. The fraction of sp³-hybridized carbons (Fsp3) is 0.667. The summed E-state index contributed by atoms with van der Waals surface area (Å²) in [6.45, 7) is 0.769. The van der Waals surface area contributed by atoms with Gasteiger partial charge in [-0.2, -0.15) is 0 Å². The quantitative estimate of drug-likeness (QED) is 0.650. The molecule has 0 spiro atoms. The Morgan fingerprint density at radius 2 is 2.25 bits per heavy atom. The summed E-state index contributed by atoms with van der Waals surface area (Å²) in [4.78, 5) is 25.0. The smallest absolute Gasteiger partial charge is 0.244 e. The third-order valence-corrected chi connectivity index (χ3v) is 2.99. The molecule has 110 valence electrons. The van der Waals surface area contributed by atoms with Gasteiger partial charge < -0.3 is 15.5 Å². The number of carbonyl (C=O) groups excluding carboxylic acids is 2. The molecular formula is C12H20N6O2. The third kappa shape index (κ3) is 4.30. The van der Waals surface area contributed by atoms with E-state index in [-0.39, 0.29) is 24.9 Å². The van der Waals surface area contributed by atoms with Crippen LogP contribution in [0.2, 0.25) is 0 Å². The maximum absolute atomic E-state index is 12.0. The van der Waals surface area contributed by atoms with Crippen molar-refractivity contribution >= 4 is 11.8 Å². The van der Waals surface area contributed by atoms with Crippen molar-refractivity contribution in [1.29, 1.82) is 0 Å². The van der Waals surface area contributed by atoms with Crippen LogP contribution in [0.3, 0.4) is 0 Å². The van der Waals surface area contributed by atoms with E-state index in [1.165, 1.54) is 9.58 Å². The van der Waals surface area contributed by atoms with E-state index in [0.717, 1.165) is 18.5 Å². The Balaban J connectivity index is 1.78. The van der Waals surface area contributed by atoms with E-state index < -0.39 is 0 Å². The highest BCUT2D eigenvalue weighted by Crippen LogP contribution is 2.18. The van der Waals surface area contributed by atoms with Gasteiger partial charge in [-0.25, -0.2) is 4.68 Å². The van der Waals surface area contributed by atoms with Crippen LogP contribution < -0.4 is 10.6 Å². The Kier molecular flexibility index (Phi) is 4.67. The first kappa shape index (κ1) is 14.4. The van der Waals surface area contributed by atoms with E-state index in [4.69, 9.17) is 0 Å². The van der Waals surface area contributed by atoms with Crippen molar-refractivity contribution in [1.82, 2.24) is 30.5 Å². The molecule has 1 saturated carbocycles. The predicted molar refractivity (Wildman–Crippen MR) is 71.6 cm³/mol. The molecular weight excluding hydrogens is 260 g/mol. The first-order valence-electron chi connectivity index (χ1n) is 6.65. The zero-order valence-electron chi connectivity index (χ0n) is 11.8. The summed E-state index contributed by atoms with van der Waals surface area (Å²) in [5, 5.41) is 13.6. The van der Waals surface area contributed by atoms with Gasteiger partial charge in [0.25, 0.3) is 0 Å². The summed E-state index contributed by atoms with van der Waals surface area (Å²) in [6, 6.07) is 0.311. The van der Waals surface area contributed by atoms with Crippen molar-refractivity contribution in [3.63, 3.8) is 0 Å². The summed E-state index contributed by atoms with van der Waals surface area (Å²) < 4.78 is 1.48. The van der Waals surface area contributed by atoms with Gasteiger partial charge in [0.1, 0.15) is 6.54 Å². The molecule has 1 aliphatic rings. The summed E-state index contributed by atoms with van der Waals surface area (Å²) in [5.41, 5.74) is 0.773. The molecule has 2 amide bonds. The Bertz CT molecular complexity index is 482. The van der Waals surface area contributed by atoms with Crippen LogP contribution in [0.25, 0.3) is 0 Å². The van der Waals surface area contributed by atoms with Gasteiger partial charge in [-0.15, -0.1) is 5.10 Å². The lowest BCUT2D eigenvalue weighted by atomic mass is 10.4. The van der Waals surface area contributed by atoms with Crippen molar-refractivity contribution in [2.45, 2.75) is 32.0 Å². The van der Waals surface area contributed by atoms with Gasteiger partial charge in [-0.1, -0.05) is 5.21 Å². The molecule has 1 heterocycles. The highest BCUT2D eigenvalue weighted by Gasteiger charge is 2.24. The van der Waals surface area contributed by atoms with Crippen LogP contribution in [0, 0.1) is 0 Å². The maximum atomic E-state index is 12.0. The van der Waals surface area contributed by atoms with E-state index in [1.54, 1.807) is 13.2 Å². The van der Waals surface area contributed by atoms with Gasteiger partial charge in [0.15, 0.2) is 0 Å². The molecule has 0 aliphatic heterocycles. The second-order valence-corrected chi connectivity index (χ2v) is 5.03. The van der Waals surface area contributed by atoms with Crippen LogP contribution in [0.1, 0.15) is 18.5 Å². The zero-order valence-corrected chi connectivity index (χ0v) is 11.8. The highest BCUT2D eigenvalue weighted by atomic mass is 16.2. The van der Waals surface area contributed by atoms with Gasteiger partial charge in [0.2, 0.25) is 11.8 Å². The third-order valence-electron chi connectivity index (χ3n) is 2.99. The van der Waals surface area contributed by atoms with E-state index in [2.05, 4.69) is 20.9 Å². The molecule has 8 nitrogen and oxygen atoms in total. The first-order chi connectivity index (χ1) is 9.58. The lowest BCUT2D eigenvalue weighted by molar-refractivity contribution is -0.135. The first-order valence-corrected chi connectivity index (χ1v) is 6.65. The summed E-state index contributed by atoms with van der Waals surface area (Å²) in [5.74, 6) is -0.283. The second-order valence-electron chi connectivity index (χ2n) is 5.03. The number of aromatic nitrogens is 3. The average molecular weight is 280 g/mol. The van der Waals surface area contributed by atoms with Crippen molar-refractivity contribution in [3.05, 3.63) is 11.9 Å². The summed E-state index contributed by atoms with van der Waals surface area (Å²) >= 11 is 0. The van der Waals surface area contributed by atoms with Crippen molar-refractivity contribution in [2.75, 3.05) is 20.6 Å². The molecule has 20 heavy (non-hydrogen) atoms. The number of rotatable bonds is 7. The molecule has 1 fully saturated rings. The number of hydrogen-bond donors (Lipinski definition) is 2. The maximum Gasteiger partial charge on any atom is 0.244 e. The number of nitrogens with one attached hydrogen (secondary N) is 2. The number of carbonyl (C=O) groups is 2. The normalized spacial score (nSPS) is 14.1. The van der Waals surface area contributed by atoms with Gasteiger partial charge in [-0.05, 0) is 19.9 Å². The number of likely N-dealkylation sites (N-methyl/N-ethyl adjacent to an activating group) is 1. The largest absolute Gasteiger partial charge is 0.352 e. The molecule has 2 rings (SSSR count). The van der Waals surface area contributed by atoms with Crippen LogP contribution in [0.15, 0.2) is 6.20 Å². The Labute approximate surface area is 117 Å². The fourth-order valence-corrected chi connectivity index (χ4v) is 1.74. The minimum absolute atomic E-state index is 0.0768. The topological polar surface area (TPSA) is 92.2 Å². The van der Waals surface area contributed by atoms with Crippen LogP contribution in [-0.2, 0) is 22.7 Å². The number of nitrogens with zero attached hydrogens (tertiary/aromatic N) is 4. The van der Waals surface area contributed by atoms with Crippen LogP contribution >= 0.6 is 0 Å². The van der Waals surface area contributed by atoms with E-state index in [9.17, 15) is 9.59 Å². The molecule has 1 aromatic heterocycles. The molecule has 8 heteroatoms. The molecule has 1 aromatic rings. The fourth-order valence-electron chi connectivity index (χ4n) is 1.74. The number of hydrogen-bond acceptors (Lipinski definition) is 5. The lowest BCUT2D eigenvalue weighted by Gasteiger charge is -2.16. The van der Waals surface area contributed by atoms with Gasteiger partial charge in [0, 0.05) is 19.6 Å². The van der Waals surface area contributed by atoms with Crippen molar-refractivity contribution in [2.24, 2.45) is 0 Å². The van der Waals surface area contributed by atoms with Crippen LogP contribution in [-0.4, -0.2) is 58.4 Å². The van der Waals surface area contributed by atoms with Crippen molar-refractivity contribution < 1.29 is 9.59 Å². The molecule has 0 radical (unpaired) electrons. The standard InChI is InChI=1S/C12H20N6O2/c1-13-5-10-6-18(16-15-10)8-12(20)17(2)7-11(19)14-9-3-4-9/h6,9,13H,3-5,7-8H2,1-2H3,(H,14,19). The highest BCUT2D eigenvalue weighted by molar-refractivity contribution is 5.84. The van der Waals surface area contributed by atoms with E-state index in [0.29, 0.717) is 12.6 Å². The SMILES string of the molecule is CNCc1cn(CC(=O)N(C)CC(=O)NC2CC2)nn1. The Hall–Kier alpha value is -1.96. The minimum atomic E-state index is -0.170. The van der Waals surface area contributed by atoms with E-state index >= 15 is 0 Å². The van der Waals surface area contributed by atoms with Crippen LogP contribution in [0.4, 0.5) is 0 Å². The van der Waals surface area contributed by atoms with Gasteiger partial charge >= 0.3 is 0 Å². The molecule has 0 atom stereocenters. The lowest BCUT2D eigenvalue weighted by Crippen LogP contribution is -2.40. The molecule has 2 N–H and O–H groups in total. The molecule has 0 saturated heterocycles. The van der Waals surface area contributed by atoms with Crippen LogP contribution in [0.5, 0.6) is 0 Å². The molecule has 0 bridgehead atoms.